The van der Waals surface area contributed by atoms with Gasteiger partial charge in [-0.2, -0.15) is 0 Å². The van der Waals surface area contributed by atoms with Crippen molar-refractivity contribution < 1.29 is 9.53 Å². The molecule has 2 aromatic heterocycles. The van der Waals surface area contributed by atoms with Crippen molar-refractivity contribution in [2.45, 2.75) is 19.9 Å². The van der Waals surface area contributed by atoms with Gasteiger partial charge >= 0.3 is 0 Å². The molecule has 3 rings (SSSR count). The predicted molar refractivity (Wildman–Crippen MR) is 92.2 cm³/mol. The number of nitrogens with one attached hydrogen (secondary N) is 1. The molecule has 1 aromatic carbocycles. The third-order valence-corrected chi connectivity index (χ3v) is 3.87. The van der Waals surface area contributed by atoms with E-state index in [1.807, 2.05) is 18.2 Å². The normalized spacial score (nSPS) is 10.8. The molecule has 24 heavy (non-hydrogen) atoms. The number of pyridine rings is 1. The summed E-state index contributed by atoms with van der Waals surface area (Å²) >= 11 is 0. The van der Waals surface area contributed by atoms with Crippen LogP contribution in [0.25, 0.3) is 11.2 Å². The number of imidazole rings is 1. The van der Waals surface area contributed by atoms with Crippen LogP contribution in [0.5, 0.6) is 5.75 Å². The molecule has 0 saturated heterocycles. The Hall–Kier alpha value is -2.89. The first kappa shape index (κ1) is 16.0. The zero-order chi connectivity index (χ0) is 16.9. The number of benzene rings is 1. The van der Waals surface area contributed by atoms with Crippen molar-refractivity contribution in [3.05, 3.63) is 54.0 Å². The van der Waals surface area contributed by atoms with Gasteiger partial charge in [0.1, 0.15) is 17.1 Å². The molecule has 0 saturated carbocycles. The van der Waals surface area contributed by atoms with Gasteiger partial charge in [-0.25, -0.2) is 9.97 Å². The van der Waals surface area contributed by atoms with Gasteiger partial charge in [-0.1, -0.05) is 6.07 Å². The zero-order valence-electron chi connectivity index (χ0n) is 13.8. The number of rotatable bonds is 6. The first-order chi connectivity index (χ1) is 11.7. The van der Waals surface area contributed by atoms with Gasteiger partial charge in [0.2, 0.25) is 0 Å². The standard InChI is InChI=1S/C18H20N4O2/c1-3-22-16(21-15-8-5-10-19-17(15)22)9-11-20-18(23)13-6-4-7-14(12-13)24-2/h4-8,10,12H,3,9,11H2,1-2H3,(H,20,23). The summed E-state index contributed by atoms with van der Waals surface area (Å²) in [6, 6.07) is 10.9. The van der Waals surface area contributed by atoms with Crippen LogP contribution in [-0.2, 0) is 13.0 Å². The van der Waals surface area contributed by atoms with Crippen LogP contribution in [0.15, 0.2) is 42.6 Å². The second-order valence-electron chi connectivity index (χ2n) is 5.36. The molecule has 0 atom stereocenters. The largest absolute Gasteiger partial charge is 0.497 e. The molecule has 2 heterocycles. The second-order valence-corrected chi connectivity index (χ2v) is 5.36. The Morgan fingerprint density at radius 2 is 2.17 bits per heavy atom. The molecule has 0 fully saturated rings. The van der Waals surface area contributed by atoms with Gasteiger partial charge in [0, 0.05) is 31.3 Å². The molecule has 6 nitrogen and oxygen atoms in total. The van der Waals surface area contributed by atoms with Crippen molar-refractivity contribution in [1.82, 2.24) is 19.9 Å². The highest BCUT2D eigenvalue weighted by Gasteiger charge is 2.11. The second kappa shape index (κ2) is 7.12. The lowest BCUT2D eigenvalue weighted by atomic mass is 10.2. The molecule has 0 aliphatic carbocycles. The fourth-order valence-electron chi connectivity index (χ4n) is 2.68. The average molecular weight is 324 g/mol. The highest BCUT2D eigenvalue weighted by Crippen LogP contribution is 2.14. The summed E-state index contributed by atoms with van der Waals surface area (Å²) < 4.78 is 7.22. The molecular formula is C18H20N4O2. The molecule has 0 aliphatic rings. The van der Waals surface area contributed by atoms with E-state index in [-0.39, 0.29) is 5.91 Å². The van der Waals surface area contributed by atoms with E-state index in [0.29, 0.717) is 24.3 Å². The summed E-state index contributed by atoms with van der Waals surface area (Å²) in [6.45, 7) is 3.38. The molecular weight excluding hydrogens is 304 g/mol. The summed E-state index contributed by atoms with van der Waals surface area (Å²) in [5, 5.41) is 2.93. The number of hydrogen-bond donors (Lipinski definition) is 1. The molecule has 0 spiro atoms. The van der Waals surface area contributed by atoms with Crippen molar-refractivity contribution in [3.8, 4) is 5.75 Å². The van der Waals surface area contributed by atoms with Crippen LogP contribution >= 0.6 is 0 Å². The van der Waals surface area contributed by atoms with Gasteiger partial charge in [-0.05, 0) is 37.3 Å². The number of aromatic nitrogens is 3. The molecule has 3 aromatic rings. The van der Waals surface area contributed by atoms with Gasteiger partial charge in [0.15, 0.2) is 5.65 Å². The maximum Gasteiger partial charge on any atom is 0.251 e. The molecule has 0 radical (unpaired) electrons. The van der Waals surface area contributed by atoms with E-state index in [4.69, 9.17) is 4.74 Å². The highest BCUT2D eigenvalue weighted by molar-refractivity contribution is 5.94. The molecule has 0 bridgehead atoms. The average Bonchev–Trinajstić information content (AvgIpc) is 2.99. The number of ether oxygens (including phenoxy) is 1. The predicted octanol–water partition coefficient (Wildman–Crippen LogP) is 2.43. The van der Waals surface area contributed by atoms with Crippen molar-refractivity contribution in [2.75, 3.05) is 13.7 Å². The van der Waals surface area contributed by atoms with Gasteiger partial charge < -0.3 is 14.6 Å². The fraction of sp³-hybridized carbons (Fsp3) is 0.278. The van der Waals surface area contributed by atoms with Gasteiger partial charge in [-0.3, -0.25) is 4.79 Å². The van der Waals surface area contributed by atoms with Crippen molar-refractivity contribution >= 4 is 17.1 Å². The quantitative estimate of drug-likeness (QED) is 0.756. The number of nitrogens with zero attached hydrogens (tertiary/aromatic N) is 3. The van der Waals surface area contributed by atoms with E-state index in [9.17, 15) is 4.79 Å². The fourth-order valence-corrected chi connectivity index (χ4v) is 2.68. The molecule has 1 N–H and O–H groups in total. The van der Waals surface area contributed by atoms with Gasteiger partial charge in [0.25, 0.3) is 5.91 Å². The minimum atomic E-state index is -0.119. The number of amides is 1. The maximum absolute atomic E-state index is 12.2. The lowest BCUT2D eigenvalue weighted by Gasteiger charge is -2.08. The Bertz CT molecular complexity index is 857. The van der Waals surface area contributed by atoms with Crippen LogP contribution in [0, 0.1) is 0 Å². The first-order valence-electron chi connectivity index (χ1n) is 7.95. The summed E-state index contributed by atoms with van der Waals surface area (Å²) in [7, 11) is 1.58. The van der Waals surface area contributed by atoms with Crippen LogP contribution in [0.4, 0.5) is 0 Å². The van der Waals surface area contributed by atoms with E-state index in [1.165, 1.54) is 0 Å². The highest BCUT2D eigenvalue weighted by atomic mass is 16.5. The van der Waals surface area contributed by atoms with Crippen molar-refractivity contribution in [1.29, 1.82) is 0 Å². The molecule has 124 valence electrons. The number of aryl methyl sites for hydroxylation is 1. The van der Waals surface area contributed by atoms with Crippen molar-refractivity contribution in [3.63, 3.8) is 0 Å². The minimum Gasteiger partial charge on any atom is -0.497 e. The Labute approximate surface area is 140 Å². The van der Waals surface area contributed by atoms with Crippen molar-refractivity contribution in [2.24, 2.45) is 0 Å². The number of carbonyl (C=O) groups excluding carboxylic acids is 1. The first-order valence-corrected chi connectivity index (χ1v) is 7.95. The summed E-state index contributed by atoms with van der Waals surface area (Å²) in [6.07, 6.45) is 2.42. The Kier molecular flexibility index (Phi) is 4.74. The van der Waals surface area contributed by atoms with Crippen LogP contribution in [0.3, 0.4) is 0 Å². The van der Waals surface area contributed by atoms with E-state index in [2.05, 4.69) is 26.8 Å². The van der Waals surface area contributed by atoms with Crippen LogP contribution < -0.4 is 10.1 Å². The number of hydrogen-bond acceptors (Lipinski definition) is 4. The molecule has 6 heteroatoms. The van der Waals surface area contributed by atoms with E-state index in [1.54, 1.807) is 31.5 Å². The number of fused-ring (bicyclic) bond motifs is 1. The third-order valence-electron chi connectivity index (χ3n) is 3.87. The Morgan fingerprint density at radius 3 is 2.96 bits per heavy atom. The van der Waals surface area contributed by atoms with E-state index < -0.39 is 0 Å². The zero-order valence-corrected chi connectivity index (χ0v) is 13.8. The Balaban J connectivity index is 1.67. The monoisotopic (exact) mass is 324 g/mol. The number of carbonyl (C=O) groups is 1. The lowest BCUT2D eigenvalue weighted by Crippen LogP contribution is -2.26. The topological polar surface area (TPSA) is 69.0 Å². The van der Waals surface area contributed by atoms with E-state index in [0.717, 1.165) is 23.5 Å². The maximum atomic E-state index is 12.2. The lowest BCUT2D eigenvalue weighted by molar-refractivity contribution is 0.0953. The smallest absolute Gasteiger partial charge is 0.251 e. The van der Waals surface area contributed by atoms with E-state index >= 15 is 0 Å². The minimum absolute atomic E-state index is 0.119. The van der Waals surface area contributed by atoms with Crippen LogP contribution in [-0.4, -0.2) is 34.1 Å². The van der Waals surface area contributed by atoms with Gasteiger partial charge in [-0.15, -0.1) is 0 Å². The molecule has 0 aliphatic heterocycles. The summed E-state index contributed by atoms with van der Waals surface area (Å²) in [4.78, 5) is 21.2. The summed E-state index contributed by atoms with van der Waals surface area (Å²) in [5.41, 5.74) is 2.35. The third kappa shape index (κ3) is 3.22. The molecule has 0 unspecified atom stereocenters. The van der Waals surface area contributed by atoms with Crippen LogP contribution in [0.1, 0.15) is 23.1 Å². The molecule has 1 amide bonds. The van der Waals surface area contributed by atoms with Gasteiger partial charge in [0.05, 0.1) is 7.11 Å². The number of methoxy groups -OCH3 is 1. The summed E-state index contributed by atoms with van der Waals surface area (Å²) in [5.74, 6) is 1.48. The van der Waals surface area contributed by atoms with Crippen LogP contribution in [0.2, 0.25) is 0 Å². The SMILES string of the molecule is CCn1c(CCNC(=O)c2cccc(OC)c2)nc2cccnc21. The Morgan fingerprint density at radius 1 is 1.29 bits per heavy atom.